The molecule has 0 saturated heterocycles. The minimum atomic E-state index is -0.534. The van der Waals surface area contributed by atoms with Gasteiger partial charge in [0.05, 0.1) is 12.6 Å². The molecule has 29 heavy (non-hydrogen) atoms. The van der Waals surface area contributed by atoms with Crippen molar-refractivity contribution in [2.45, 2.75) is 52.2 Å². The maximum Gasteiger partial charge on any atom is 0.306 e. The summed E-state index contributed by atoms with van der Waals surface area (Å²) in [6.07, 6.45) is 1.04. The molecule has 154 valence electrons. The molecule has 0 amide bonds. The highest BCUT2D eigenvalue weighted by Crippen LogP contribution is 2.28. The summed E-state index contributed by atoms with van der Waals surface area (Å²) in [7, 11) is 0.244. The average molecular weight is 395 g/mol. The molecule has 2 aromatic rings. The third-order valence-corrected chi connectivity index (χ3v) is 4.39. The van der Waals surface area contributed by atoms with E-state index in [1.165, 1.54) is 0 Å². The van der Waals surface area contributed by atoms with E-state index in [1.54, 1.807) is 0 Å². The van der Waals surface area contributed by atoms with Gasteiger partial charge >= 0.3 is 5.97 Å². The van der Waals surface area contributed by atoms with Crippen LogP contribution in [-0.2, 0) is 20.9 Å². The highest BCUT2D eigenvalue weighted by Gasteiger charge is 2.23. The Hall–Kier alpha value is -2.60. The predicted octanol–water partition coefficient (Wildman–Crippen LogP) is 3.52. The number of hydrogen-bond acceptors (Lipinski definition) is 5. The number of hydrogen-bond donors (Lipinski definition) is 1. The van der Waals surface area contributed by atoms with E-state index in [4.69, 9.17) is 9.47 Å². The number of ether oxygens (including phenoxy) is 2. The van der Waals surface area contributed by atoms with Gasteiger partial charge in [-0.15, -0.1) is 0 Å². The smallest absolute Gasteiger partial charge is 0.306 e. The van der Waals surface area contributed by atoms with Crippen molar-refractivity contribution in [3.8, 4) is 5.75 Å². The van der Waals surface area contributed by atoms with Crippen LogP contribution in [0.15, 0.2) is 48.5 Å². The standard InChI is InChI=1S/C23H30BNO4/c1-17-10-11-20(28-15-18-8-6-5-7-9-18)13-21(17)19(14-25-24-16-26)12-22(27)29-23(2,3)4/h5-11,13,16,19,24-25H,12,14-15H2,1-4H3. The summed E-state index contributed by atoms with van der Waals surface area (Å²) in [5.74, 6) is 0.370. The number of rotatable bonds is 10. The largest absolute Gasteiger partial charge is 0.489 e. The Labute approximate surface area is 174 Å². The molecule has 5 nitrogen and oxygen atoms in total. The number of carbonyl (C=O) groups excluding carboxylic acids is 2. The highest BCUT2D eigenvalue weighted by molar-refractivity contribution is 6.64. The lowest BCUT2D eigenvalue weighted by Crippen LogP contribution is -2.30. The van der Waals surface area contributed by atoms with Gasteiger partial charge in [-0.25, -0.2) is 0 Å². The van der Waals surface area contributed by atoms with Crippen LogP contribution in [-0.4, -0.2) is 31.7 Å². The molecule has 1 unspecified atom stereocenters. The first-order chi connectivity index (χ1) is 13.8. The fraction of sp³-hybridized carbons (Fsp3) is 0.391. The fourth-order valence-corrected chi connectivity index (χ4v) is 3.08. The summed E-state index contributed by atoms with van der Waals surface area (Å²) in [5.41, 5.74) is 2.64. The van der Waals surface area contributed by atoms with Crippen molar-refractivity contribution in [2.75, 3.05) is 6.54 Å². The summed E-state index contributed by atoms with van der Waals surface area (Å²) in [6, 6.07) is 15.9. The van der Waals surface area contributed by atoms with Gasteiger partial charge in [-0.3, -0.25) is 4.79 Å². The molecular weight excluding hydrogens is 365 g/mol. The molecule has 0 bridgehead atoms. The monoisotopic (exact) mass is 395 g/mol. The third kappa shape index (κ3) is 8.12. The molecule has 0 aliphatic heterocycles. The number of carbonyl (C=O) groups is 2. The molecule has 6 heteroatoms. The molecule has 0 aliphatic carbocycles. The lowest BCUT2D eigenvalue weighted by Gasteiger charge is -2.24. The molecule has 0 heterocycles. The lowest BCUT2D eigenvalue weighted by molar-refractivity contribution is -0.155. The zero-order valence-corrected chi connectivity index (χ0v) is 17.7. The first-order valence-corrected chi connectivity index (χ1v) is 9.92. The van der Waals surface area contributed by atoms with Gasteiger partial charge in [-0.1, -0.05) is 36.4 Å². The van der Waals surface area contributed by atoms with Gasteiger partial charge in [0.2, 0.25) is 0 Å². The highest BCUT2D eigenvalue weighted by atomic mass is 16.6. The second-order valence-corrected chi connectivity index (χ2v) is 8.11. The summed E-state index contributed by atoms with van der Waals surface area (Å²) < 4.78 is 11.5. The van der Waals surface area contributed by atoms with Crippen LogP contribution in [0.4, 0.5) is 0 Å². The fourth-order valence-electron chi connectivity index (χ4n) is 3.08. The van der Waals surface area contributed by atoms with E-state index in [9.17, 15) is 9.59 Å². The van der Waals surface area contributed by atoms with Gasteiger partial charge in [0.25, 0.3) is 7.41 Å². The van der Waals surface area contributed by atoms with E-state index in [0.29, 0.717) is 13.2 Å². The molecule has 0 aliphatic rings. The Morgan fingerprint density at radius 1 is 1.17 bits per heavy atom. The van der Waals surface area contributed by atoms with Crippen LogP contribution in [0.1, 0.15) is 49.8 Å². The first-order valence-electron chi connectivity index (χ1n) is 9.92. The van der Waals surface area contributed by atoms with Crippen LogP contribution in [0.25, 0.3) is 0 Å². The van der Waals surface area contributed by atoms with Crippen molar-refractivity contribution in [3.63, 3.8) is 0 Å². The quantitative estimate of drug-likeness (QED) is 0.289. The van der Waals surface area contributed by atoms with Crippen molar-refractivity contribution < 1.29 is 19.1 Å². The van der Waals surface area contributed by atoms with Crippen molar-refractivity contribution in [2.24, 2.45) is 0 Å². The normalized spacial score (nSPS) is 12.1. The van der Waals surface area contributed by atoms with E-state index in [0.717, 1.165) is 28.6 Å². The molecule has 0 saturated carbocycles. The molecule has 0 fully saturated rings. The van der Waals surface area contributed by atoms with Crippen LogP contribution in [0.3, 0.4) is 0 Å². The number of benzene rings is 2. The minimum Gasteiger partial charge on any atom is -0.489 e. The van der Waals surface area contributed by atoms with Crippen molar-refractivity contribution in [3.05, 3.63) is 65.2 Å². The summed E-state index contributed by atoms with van der Waals surface area (Å²) in [6.45, 7) is 8.55. The van der Waals surface area contributed by atoms with Crippen LogP contribution in [0, 0.1) is 6.92 Å². The van der Waals surface area contributed by atoms with Crippen molar-refractivity contribution >= 4 is 19.6 Å². The van der Waals surface area contributed by atoms with Crippen LogP contribution < -0.4 is 9.96 Å². The van der Waals surface area contributed by atoms with Gasteiger partial charge in [-0.2, -0.15) is 0 Å². The second kappa shape index (κ2) is 10.8. The van der Waals surface area contributed by atoms with Gasteiger partial charge in [0, 0.05) is 5.92 Å². The Morgan fingerprint density at radius 3 is 2.55 bits per heavy atom. The van der Waals surface area contributed by atoms with Gasteiger partial charge in [-0.05, 0) is 63.1 Å². The topological polar surface area (TPSA) is 64.6 Å². The number of esters is 1. The SMILES string of the molecule is Cc1ccc(OCc2ccccc2)cc1C(CNBC=O)CC(=O)OC(C)(C)C. The van der Waals surface area contributed by atoms with E-state index in [-0.39, 0.29) is 25.7 Å². The molecule has 1 atom stereocenters. The van der Waals surface area contributed by atoms with Crippen molar-refractivity contribution in [1.29, 1.82) is 0 Å². The van der Waals surface area contributed by atoms with Gasteiger partial charge in [0.1, 0.15) is 18.0 Å². The van der Waals surface area contributed by atoms with Crippen molar-refractivity contribution in [1.82, 2.24) is 5.23 Å². The number of nitrogens with one attached hydrogen (secondary N) is 1. The average Bonchev–Trinajstić information content (AvgIpc) is 2.66. The molecule has 0 aromatic heterocycles. The van der Waals surface area contributed by atoms with E-state index >= 15 is 0 Å². The minimum absolute atomic E-state index is 0.120. The Morgan fingerprint density at radius 2 is 1.90 bits per heavy atom. The zero-order valence-electron chi connectivity index (χ0n) is 17.7. The second-order valence-electron chi connectivity index (χ2n) is 8.11. The molecule has 0 radical (unpaired) electrons. The van der Waals surface area contributed by atoms with E-state index in [2.05, 4.69) is 5.23 Å². The predicted molar refractivity (Wildman–Crippen MR) is 117 cm³/mol. The molecule has 2 rings (SSSR count). The molecule has 2 aromatic carbocycles. The zero-order chi connectivity index (χ0) is 21.3. The maximum absolute atomic E-state index is 12.4. The van der Waals surface area contributed by atoms with Crippen LogP contribution in [0.5, 0.6) is 5.75 Å². The third-order valence-electron chi connectivity index (χ3n) is 4.39. The Bertz CT molecular complexity index is 802. The molecular formula is C23H30BNO4. The van der Waals surface area contributed by atoms with E-state index in [1.807, 2.05) is 76.2 Å². The van der Waals surface area contributed by atoms with Crippen LogP contribution >= 0.6 is 0 Å². The maximum atomic E-state index is 12.4. The van der Waals surface area contributed by atoms with Gasteiger partial charge in [0.15, 0.2) is 0 Å². The summed E-state index contributed by atoms with van der Waals surface area (Å²) in [4.78, 5) is 23.1. The molecule has 0 spiro atoms. The Kier molecular flexibility index (Phi) is 8.46. The van der Waals surface area contributed by atoms with Crippen LogP contribution in [0.2, 0.25) is 0 Å². The first kappa shape index (κ1) is 22.7. The summed E-state index contributed by atoms with van der Waals surface area (Å²) >= 11 is 0. The van der Waals surface area contributed by atoms with Gasteiger partial charge < -0.3 is 19.5 Å². The Balaban J connectivity index is 2.16. The lowest BCUT2D eigenvalue weighted by atomic mass is 9.89. The summed E-state index contributed by atoms with van der Waals surface area (Å²) in [5, 5.41) is 3.09. The van der Waals surface area contributed by atoms with E-state index < -0.39 is 5.60 Å². The molecule has 1 N–H and O–H groups in total. The number of aryl methyl sites for hydroxylation is 1.